The van der Waals surface area contributed by atoms with Gasteiger partial charge in [0.2, 0.25) is 0 Å². The molecule has 0 aromatic heterocycles. The second-order valence-corrected chi connectivity index (χ2v) is 20.8. The van der Waals surface area contributed by atoms with Crippen molar-refractivity contribution in [2.45, 2.75) is 89.4 Å². The maximum atomic E-state index is 5.79. The number of terminal acetylenes is 1. The number of unbranched alkanes of at least 4 members (excludes halogenated alkanes) is 3. The van der Waals surface area contributed by atoms with Crippen molar-refractivity contribution in [3.8, 4) is 12.3 Å². The van der Waals surface area contributed by atoms with E-state index in [1.807, 2.05) is 0 Å². The fourth-order valence-electron chi connectivity index (χ4n) is 3.95. The minimum atomic E-state index is -1.96. The molecule has 0 nitrogen and oxygen atoms in total. The normalized spacial score (nSPS) is 22.8. The molecular weight excluding hydrogens is 335 g/mol. The maximum absolute atomic E-state index is 5.79. The summed E-state index contributed by atoms with van der Waals surface area (Å²) >= 11 is -1.96. The van der Waals surface area contributed by atoms with E-state index in [4.69, 9.17) is 6.42 Å². The third kappa shape index (κ3) is 4.69. The number of rotatable bonds is 10. The average molecular weight is 369 g/mol. The van der Waals surface area contributed by atoms with Gasteiger partial charge in [0.15, 0.2) is 0 Å². The molecule has 0 heterocycles. The molecule has 2 unspecified atom stereocenters. The van der Waals surface area contributed by atoms with E-state index in [9.17, 15) is 0 Å². The van der Waals surface area contributed by atoms with Gasteiger partial charge in [-0.2, -0.15) is 0 Å². The van der Waals surface area contributed by atoms with E-state index in [0.717, 1.165) is 3.93 Å². The van der Waals surface area contributed by atoms with Crippen LogP contribution in [-0.4, -0.2) is 18.4 Å². The van der Waals surface area contributed by atoms with Gasteiger partial charge in [0, 0.05) is 0 Å². The molecule has 0 aromatic carbocycles. The Kier molecular flexibility index (Phi) is 8.54. The fourth-order valence-corrected chi connectivity index (χ4v) is 23.7. The first kappa shape index (κ1) is 17.4. The van der Waals surface area contributed by atoms with Crippen LogP contribution in [0.3, 0.4) is 0 Å². The fraction of sp³-hybridized carbons (Fsp3) is 0.889. The standard InChI is InChI=1S/C6H7.3C4H9.Sn/c1-2-6-4-3-5-6;3*1-3-4-2;/h1,4,6H,3,5H2;3*1,3-4H2,2H3;. The predicted octanol–water partition coefficient (Wildman–Crippen LogP) is 6.25. The van der Waals surface area contributed by atoms with Gasteiger partial charge >= 0.3 is 126 Å². The third-order valence-electron chi connectivity index (χ3n) is 5.36. The van der Waals surface area contributed by atoms with Crippen molar-refractivity contribution in [1.82, 2.24) is 0 Å². The number of hydrogen-bond acceptors (Lipinski definition) is 0. The van der Waals surface area contributed by atoms with Crippen molar-refractivity contribution in [2.24, 2.45) is 5.92 Å². The van der Waals surface area contributed by atoms with E-state index in [2.05, 4.69) is 26.7 Å². The van der Waals surface area contributed by atoms with E-state index in [-0.39, 0.29) is 0 Å². The van der Waals surface area contributed by atoms with Crippen molar-refractivity contribution in [1.29, 1.82) is 0 Å². The molecule has 1 aliphatic rings. The van der Waals surface area contributed by atoms with E-state index in [1.165, 1.54) is 51.4 Å². The summed E-state index contributed by atoms with van der Waals surface area (Å²) in [6.45, 7) is 7.07. The molecule has 0 aliphatic heterocycles. The van der Waals surface area contributed by atoms with Crippen molar-refractivity contribution < 1.29 is 0 Å². The van der Waals surface area contributed by atoms with Crippen LogP contribution in [0.5, 0.6) is 0 Å². The van der Waals surface area contributed by atoms with Crippen molar-refractivity contribution in [3.63, 3.8) is 0 Å². The first-order valence-corrected chi connectivity index (χ1v) is 16.4. The molecule has 1 rings (SSSR count). The Morgan fingerprint density at radius 1 is 0.895 bits per heavy atom. The Morgan fingerprint density at radius 3 is 1.63 bits per heavy atom. The molecule has 0 radical (unpaired) electrons. The van der Waals surface area contributed by atoms with Gasteiger partial charge in [0.25, 0.3) is 0 Å². The zero-order valence-corrected chi connectivity index (χ0v) is 16.4. The molecule has 0 aromatic rings. The van der Waals surface area contributed by atoms with E-state index < -0.39 is 18.4 Å². The van der Waals surface area contributed by atoms with E-state index in [1.54, 1.807) is 13.3 Å². The molecular formula is C18H34Sn. The SMILES string of the molecule is C#CC1CC[CH]1[Sn]([CH2]CCC)([CH2]CCC)[CH2]CCC. The second kappa shape index (κ2) is 9.32. The Morgan fingerprint density at radius 2 is 1.37 bits per heavy atom. The Bertz CT molecular complexity index is 254. The van der Waals surface area contributed by atoms with Crippen molar-refractivity contribution >= 4 is 18.4 Å². The Balaban J connectivity index is 2.78. The van der Waals surface area contributed by atoms with Gasteiger partial charge in [-0.15, -0.1) is 0 Å². The summed E-state index contributed by atoms with van der Waals surface area (Å²) in [5, 5.41) is 0. The van der Waals surface area contributed by atoms with Crippen LogP contribution in [0.15, 0.2) is 0 Å². The van der Waals surface area contributed by atoms with Gasteiger partial charge in [0.05, 0.1) is 0 Å². The topological polar surface area (TPSA) is 0 Å². The quantitative estimate of drug-likeness (QED) is 0.315. The monoisotopic (exact) mass is 370 g/mol. The van der Waals surface area contributed by atoms with E-state index >= 15 is 0 Å². The zero-order valence-electron chi connectivity index (χ0n) is 13.5. The van der Waals surface area contributed by atoms with Gasteiger partial charge in [-0.25, -0.2) is 0 Å². The van der Waals surface area contributed by atoms with Gasteiger partial charge in [-0.05, 0) is 0 Å². The van der Waals surface area contributed by atoms with Gasteiger partial charge in [-0.1, -0.05) is 0 Å². The first-order valence-electron chi connectivity index (χ1n) is 8.70. The molecule has 1 heteroatoms. The summed E-state index contributed by atoms with van der Waals surface area (Å²) in [6, 6.07) is 0. The Hall–Kier alpha value is 0.359. The zero-order chi connectivity index (χ0) is 14.1. The molecule has 0 N–H and O–H groups in total. The molecule has 2 atom stereocenters. The summed E-state index contributed by atoms with van der Waals surface area (Å²) in [5.41, 5.74) is 0. The Labute approximate surface area is 126 Å². The van der Waals surface area contributed by atoms with Crippen LogP contribution in [-0.2, 0) is 0 Å². The number of hydrogen-bond donors (Lipinski definition) is 0. The molecule has 0 saturated heterocycles. The summed E-state index contributed by atoms with van der Waals surface area (Å²) in [5.74, 6) is 3.82. The van der Waals surface area contributed by atoms with Crippen LogP contribution in [0.25, 0.3) is 0 Å². The third-order valence-corrected chi connectivity index (χ3v) is 23.4. The molecule has 1 saturated carbocycles. The molecule has 1 fully saturated rings. The van der Waals surface area contributed by atoms with Crippen LogP contribution in [0, 0.1) is 18.3 Å². The molecule has 110 valence electrons. The summed E-state index contributed by atoms with van der Waals surface area (Å²) < 4.78 is 5.94. The van der Waals surface area contributed by atoms with Gasteiger partial charge in [0.1, 0.15) is 0 Å². The van der Waals surface area contributed by atoms with Crippen LogP contribution in [0.4, 0.5) is 0 Å². The van der Waals surface area contributed by atoms with Crippen molar-refractivity contribution in [2.75, 3.05) is 0 Å². The first-order chi connectivity index (χ1) is 9.24. The molecule has 19 heavy (non-hydrogen) atoms. The molecule has 0 amide bonds. The van der Waals surface area contributed by atoms with Crippen molar-refractivity contribution in [3.05, 3.63) is 0 Å². The minimum absolute atomic E-state index is 0.682. The summed E-state index contributed by atoms with van der Waals surface area (Å²) in [7, 11) is 0. The van der Waals surface area contributed by atoms with Gasteiger partial charge in [-0.3, -0.25) is 0 Å². The van der Waals surface area contributed by atoms with Crippen LogP contribution in [0.1, 0.15) is 72.1 Å². The predicted molar refractivity (Wildman–Crippen MR) is 90.2 cm³/mol. The van der Waals surface area contributed by atoms with Crippen LogP contribution >= 0.6 is 0 Å². The molecule has 1 aliphatic carbocycles. The average Bonchev–Trinajstić information content (AvgIpc) is 2.39. The van der Waals surface area contributed by atoms with Gasteiger partial charge < -0.3 is 0 Å². The van der Waals surface area contributed by atoms with E-state index in [0.29, 0.717) is 5.92 Å². The summed E-state index contributed by atoms with van der Waals surface area (Å²) in [6.07, 6.45) is 17.2. The van der Waals surface area contributed by atoms with Crippen LogP contribution < -0.4 is 0 Å². The van der Waals surface area contributed by atoms with Crippen LogP contribution in [0.2, 0.25) is 17.2 Å². The second-order valence-electron chi connectivity index (χ2n) is 6.63. The molecule has 0 bridgehead atoms. The molecule has 0 spiro atoms. The summed E-state index contributed by atoms with van der Waals surface area (Å²) in [4.78, 5) is 0.